The van der Waals surface area contributed by atoms with Crippen LogP contribution in [0.5, 0.6) is 0 Å². The Balaban J connectivity index is 1.93. The minimum atomic E-state index is -0.573. The second-order valence-electron chi connectivity index (χ2n) is 5.64. The third-order valence-electron chi connectivity index (χ3n) is 3.80. The molecule has 0 bridgehead atoms. The number of amides is 1. The van der Waals surface area contributed by atoms with Gasteiger partial charge in [0.05, 0.1) is 11.4 Å². The van der Waals surface area contributed by atoms with Gasteiger partial charge in [0.15, 0.2) is 0 Å². The molecule has 0 saturated heterocycles. The first-order chi connectivity index (χ1) is 11.6. The summed E-state index contributed by atoms with van der Waals surface area (Å²) in [7, 11) is 2.02. The van der Waals surface area contributed by atoms with Crippen LogP contribution in [0.25, 0.3) is 6.08 Å². The van der Waals surface area contributed by atoms with Crippen molar-refractivity contribution in [2.24, 2.45) is 0 Å². The van der Waals surface area contributed by atoms with Crippen LogP contribution in [0.2, 0.25) is 0 Å². The molecular formula is C19H23N3O2. The van der Waals surface area contributed by atoms with Gasteiger partial charge in [-0.1, -0.05) is 36.4 Å². The number of benzene rings is 2. The fraction of sp³-hybridized carbons (Fsp3) is 0.211. The lowest BCUT2D eigenvalue weighted by molar-refractivity contribution is -0.124. The zero-order valence-electron chi connectivity index (χ0n) is 13.8. The number of anilines is 2. The molecule has 2 aromatic rings. The molecule has 0 aliphatic heterocycles. The third kappa shape index (κ3) is 5.14. The summed E-state index contributed by atoms with van der Waals surface area (Å²) in [6.07, 6.45) is 4.92. The molecule has 24 heavy (non-hydrogen) atoms. The molecule has 0 radical (unpaired) electrons. The lowest BCUT2D eigenvalue weighted by Gasteiger charge is -2.21. The van der Waals surface area contributed by atoms with Crippen LogP contribution in [0.3, 0.4) is 0 Å². The van der Waals surface area contributed by atoms with E-state index in [0.29, 0.717) is 5.69 Å². The van der Waals surface area contributed by atoms with E-state index in [-0.39, 0.29) is 0 Å². The van der Waals surface area contributed by atoms with Crippen LogP contribution in [-0.4, -0.2) is 24.7 Å². The maximum absolute atomic E-state index is 11.0. The van der Waals surface area contributed by atoms with Crippen LogP contribution in [-0.2, 0) is 11.2 Å². The Morgan fingerprint density at radius 2 is 2.00 bits per heavy atom. The van der Waals surface area contributed by atoms with Crippen molar-refractivity contribution < 1.29 is 10.0 Å². The molecule has 0 aromatic heterocycles. The van der Waals surface area contributed by atoms with Gasteiger partial charge >= 0.3 is 0 Å². The second kappa shape index (κ2) is 8.74. The Morgan fingerprint density at radius 3 is 2.67 bits per heavy atom. The Hall–Kier alpha value is -2.79. The maximum Gasteiger partial charge on any atom is 0.267 e. The summed E-state index contributed by atoms with van der Waals surface area (Å²) in [5, 5.41) is 8.47. The number of carbonyl (C=O) groups excluding carboxylic acids is 1. The van der Waals surface area contributed by atoms with Crippen molar-refractivity contribution in [3.8, 4) is 0 Å². The Bertz CT molecular complexity index is 699. The average Bonchev–Trinajstić information content (AvgIpc) is 2.60. The summed E-state index contributed by atoms with van der Waals surface area (Å²) in [5.41, 5.74) is 11.4. The number of hydrogen-bond donors (Lipinski definition) is 3. The summed E-state index contributed by atoms with van der Waals surface area (Å²) in [6, 6.07) is 16.0. The van der Waals surface area contributed by atoms with E-state index in [9.17, 15) is 4.79 Å². The van der Waals surface area contributed by atoms with Gasteiger partial charge in [-0.05, 0) is 42.2 Å². The van der Waals surface area contributed by atoms with E-state index >= 15 is 0 Å². The van der Waals surface area contributed by atoms with Crippen LogP contribution < -0.4 is 16.1 Å². The fourth-order valence-electron chi connectivity index (χ4n) is 2.52. The number of aryl methyl sites for hydroxylation is 1. The summed E-state index contributed by atoms with van der Waals surface area (Å²) in [4.78, 5) is 13.1. The molecule has 1 amide bonds. The molecule has 2 aromatic carbocycles. The van der Waals surface area contributed by atoms with Crippen LogP contribution in [0.15, 0.2) is 54.6 Å². The number of rotatable bonds is 7. The summed E-state index contributed by atoms with van der Waals surface area (Å²) >= 11 is 0. The van der Waals surface area contributed by atoms with Gasteiger partial charge in [0.2, 0.25) is 0 Å². The van der Waals surface area contributed by atoms with Crippen molar-refractivity contribution in [1.82, 2.24) is 5.48 Å². The number of nitrogens with one attached hydrogen (secondary N) is 1. The highest BCUT2D eigenvalue weighted by molar-refractivity contribution is 5.91. The Morgan fingerprint density at radius 1 is 1.25 bits per heavy atom. The number of nitrogen functional groups attached to an aromatic ring is 1. The van der Waals surface area contributed by atoms with E-state index < -0.39 is 5.91 Å². The van der Waals surface area contributed by atoms with Crippen LogP contribution in [0.4, 0.5) is 11.4 Å². The molecule has 0 aliphatic rings. The minimum Gasteiger partial charge on any atom is -0.397 e. The van der Waals surface area contributed by atoms with Gasteiger partial charge in [-0.15, -0.1) is 0 Å². The molecule has 0 saturated carbocycles. The smallest absolute Gasteiger partial charge is 0.267 e. The molecular weight excluding hydrogens is 302 g/mol. The molecule has 0 spiro atoms. The molecule has 0 heterocycles. The molecule has 0 unspecified atom stereocenters. The molecule has 5 nitrogen and oxygen atoms in total. The normalized spacial score (nSPS) is 10.8. The lowest BCUT2D eigenvalue weighted by atomic mass is 10.1. The van der Waals surface area contributed by atoms with E-state index in [1.807, 2.05) is 31.3 Å². The van der Waals surface area contributed by atoms with Crippen molar-refractivity contribution in [3.05, 3.63) is 65.7 Å². The number of hydrogen-bond acceptors (Lipinski definition) is 4. The molecule has 126 valence electrons. The first-order valence-electron chi connectivity index (χ1n) is 7.87. The van der Waals surface area contributed by atoms with Crippen molar-refractivity contribution in [2.45, 2.75) is 12.8 Å². The quantitative estimate of drug-likeness (QED) is 0.316. The van der Waals surface area contributed by atoms with Crippen LogP contribution >= 0.6 is 0 Å². The standard InChI is InChI=1S/C19H23N3O2/c1-22(13-5-8-15-6-3-2-4-7-15)18-11-9-16(14-17(18)20)10-12-19(23)21-24/h2-4,6-7,9-12,14,24H,5,8,13,20H2,1H3,(H,21,23). The van der Waals surface area contributed by atoms with E-state index in [1.54, 1.807) is 11.6 Å². The SMILES string of the molecule is CN(CCCc1ccccc1)c1ccc(C=CC(=O)NO)cc1N. The van der Waals surface area contributed by atoms with E-state index in [1.165, 1.54) is 11.6 Å². The molecule has 0 atom stereocenters. The predicted molar refractivity (Wildman–Crippen MR) is 97.9 cm³/mol. The summed E-state index contributed by atoms with van der Waals surface area (Å²) in [6.45, 7) is 0.904. The summed E-state index contributed by atoms with van der Waals surface area (Å²) < 4.78 is 0. The van der Waals surface area contributed by atoms with Gasteiger partial charge in [-0.2, -0.15) is 0 Å². The second-order valence-corrected chi connectivity index (χ2v) is 5.64. The van der Waals surface area contributed by atoms with Crippen molar-refractivity contribution in [1.29, 1.82) is 0 Å². The van der Waals surface area contributed by atoms with Gasteiger partial charge in [-0.25, -0.2) is 5.48 Å². The van der Waals surface area contributed by atoms with E-state index in [2.05, 4.69) is 29.2 Å². The zero-order chi connectivity index (χ0) is 17.4. The van der Waals surface area contributed by atoms with Crippen LogP contribution in [0.1, 0.15) is 17.5 Å². The Kier molecular flexibility index (Phi) is 6.40. The topological polar surface area (TPSA) is 78.6 Å². The van der Waals surface area contributed by atoms with Gasteiger partial charge in [-0.3, -0.25) is 10.0 Å². The van der Waals surface area contributed by atoms with Gasteiger partial charge in [0, 0.05) is 19.7 Å². The summed E-state index contributed by atoms with van der Waals surface area (Å²) in [5.74, 6) is -0.573. The highest BCUT2D eigenvalue weighted by atomic mass is 16.5. The highest BCUT2D eigenvalue weighted by Gasteiger charge is 2.06. The number of carbonyl (C=O) groups is 1. The van der Waals surface area contributed by atoms with Crippen molar-refractivity contribution in [3.63, 3.8) is 0 Å². The van der Waals surface area contributed by atoms with Gasteiger partial charge in [0.1, 0.15) is 0 Å². The molecule has 0 fully saturated rings. The number of nitrogens with two attached hydrogens (primary N) is 1. The highest BCUT2D eigenvalue weighted by Crippen LogP contribution is 2.24. The molecule has 4 N–H and O–H groups in total. The van der Waals surface area contributed by atoms with Crippen LogP contribution in [0, 0.1) is 0 Å². The van der Waals surface area contributed by atoms with Crippen molar-refractivity contribution in [2.75, 3.05) is 24.2 Å². The third-order valence-corrected chi connectivity index (χ3v) is 3.80. The number of nitrogens with zero attached hydrogens (tertiary/aromatic N) is 1. The largest absolute Gasteiger partial charge is 0.397 e. The van der Waals surface area contributed by atoms with Gasteiger partial charge < -0.3 is 10.6 Å². The van der Waals surface area contributed by atoms with Gasteiger partial charge in [0.25, 0.3) is 5.91 Å². The monoisotopic (exact) mass is 325 g/mol. The lowest BCUT2D eigenvalue weighted by Crippen LogP contribution is -2.20. The molecule has 5 heteroatoms. The molecule has 2 rings (SSSR count). The maximum atomic E-state index is 11.0. The average molecular weight is 325 g/mol. The fourth-order valence-corrected chi connectivity index (χ4v) is 2.52. The van der Waals surface area contributed by atoms with E-state index in [4.69, 9.17) is 10.9 Å². The first kappa shape index (κ1) is 17.6. The Labute approximate surface area is 142 Å². The zero-order valence-corrected chi connectivity index (χ0v) is 13.8. The minimum absolute atomic E-state index is 0.573. The van der Waals surface area contributed by atoms with E-state index in [0.717, 1.165) is 30.6 Å². The predicted octanol–water partition coefficient (Wildman–Crippen LogP) is 2.86. The molecule has 0 aliphatic carbocycles. The first-order valence-corrected chi connectivity index (χ1v) is 7.87. The number of hydroxylamine groups is 1. The van der Waals surface area contributed by atoms with Crippen molar-refractivity contribution >= 4 is 23.4 Å².